The summed E-state index contributed by atoms with van der Waals surface area (Å²) in [5, 5.41) is 2.87. The molecular weight excluding hydrogens is 383 g/mol. The monoisotopic (exact) mass is 410 g/mol. The van der Waals surface area contributed by atoms with E-state index < -0.39 is 0 Å². The summed E-state index contributed by atoms with van der Waals surface area (Å²) >= 11 is 0. The van der Waals surface area contributed by atoms with Crippen molar-refractivity contribution in [3.63, 3.8) is 0 Å². The maximum Gasteiger partial charge on any atom is 0.254 e. The van der Waals surface area contributed by atoms with Crippen LogP contribution in [0.5, 0.6) is 0 Å². The highest BCUT2D eigenvalue weighted by molar-refractivity contribution is 6.07. The Kier molecular flexibility index (Phi) is 7.33. The molecule has 2 aromatic carbocycles. The van der Waals surface area contributed by atoms with Crippen LogP contribution in [0.3, 0.4) is 0 Å². The van der Waals surface area contributed by atoms with Gasteiger partial charge in [-0.3, -0.25) is 14.4 Å². The molecule has 0 saturated carbocycles. The Morgan fingerprint density at radius 1 is 1.00 bits per heavy atom. The van der Waals surface area contributed by atoms with Gasteiger partial charge in [-0.25, -0.2) is 4.39 Å². The molecule has 1 aliphatic rings. The zero-order valence-electron chi connectivity index (χ0n) is 17.2. The third-order valence-corrected chi connectivity index (χ3v) is 5.62. The first-order valence-electron chi connectivity index (χ1n) is 10.3. The van der Waals surface area contributed by atoms with Crippen LogP contribution >= 0.6 is 0 Å². The molecule has 3 rings (SSSR count). The predicted molar refractivity (Wildman–Crippen MR) is 113 cm³/mol. The number of hydrogen-bond donors (Lipinski definition) is 1. The first-order valence-corrected chi connectivity index (χ1v) is 10.3. The van der Waals surface area contributed by atoms with Crippen molar-refractivity contribution in [3.8, 4) is 0 Å². The molecule has 1 heterocycles. The van der Waals surface area contributed by atoms with Crippen LogP contribution in [0, 0.1) is 11.7 Å². The highest BCUT2D eigenvalue weighted by Gasteiger charge is 2.25. The van der Waals surface area contributed by atoms with E-state index in [1.165, 1.54) is 19.1 Å². The highest BCUT2D eigenvalue weighted by Crippen LogP contribution is 2.24. The van der Waals surface area contributed by atoms with Crippen LogP contribution in [0.4, 0.5) is 4.39 Å². The minimum absolute atomic E-state index is 0.0202. The fourth-order valence-electron chi connectivity index (χ4n) is 3.80. The van der Waals surface area contributed by atoms with Crippen molar-refractivity contribution in [3.05, 3.63) is 71.0 Å². The molecule has 5 nitrogen and oxygen atoms in total. The molecule has 0 atom stereocenters. The summed E-state index contributed by atoms with van der Waals surface area (Å²) in [6.07, 6.45) is 2.91. The normalized spacial score (nSPS) is 14.4. The number of likely N-dealkylation sites (tertiary alicyclic amines) is 1. The Morgan fingerprint density at radius 3 is 2.27 bits per heavy atom. The van der Waals surface area contributed by atoms with Gasteiger partial charge in [-0.1, -0.05) is 30.3 Å². The molecule has 1 N–H and O–H groups in total. The van der Waals surface area contributed by atoms with Gasteiger partial charge in [0.15, 0.2) is 5.78 Å². The lowest BCUT2D eigenvalue weighted by molar-refractivity contribution is -0.121. The summed E-state index contributed by atoms with van der Waals surface area (Å²) in [4.78, 5) is 38.5. The molecule has 0 aromatic heterocycles. The minimum Gasteiger partial charge on any atom is -0.352 e. The van der Waals surface area contributed by atoms with Crippen LogP contribution in [0.1, 0.15) is 58.9 Å². The number of carbonyl (C=O) groups excluding carboxylic acids is 3. The molecule has 1 aliphatic heterocycles. The summed E-state index contributed by atoms with van der Waals surface area (Å²) < 4.78 is 12.9. The maximum atomic E-state index is 12.9. The van der Waals surface area contributed by atoms with Gasteiger partial charge in [0.2, 0.25) is 5.91 Å². The van der Waals surface area contributed by atoms with Crippen molar-refractivity contribution < 1.29 is 18.8 Å². The quantitative estimate of drug-likeness (QED) is 0.702. The zero-order chi connectivity index (χ0) is 21.5. The van der Waals surface area contributed by atoms with E-state index in [9.17, 15) is 18.8 Å². The Labute approximate surface area is 176 Å². The van der Waals surface area contributed by atoms with Gasteiger partial charge in [0.25, 0.3) is 5.91 Å². The smallest absolute Gasteiger partial charge is 0.254 e. The summed E-state index contributed by atoms with van der Waals surface area (Å²) in [5.74, 6) is -0.127. The Hall–Kier alpha value is -3.02. The molecule has 158 valence electrons. The number of amides is 2. The fraction of sp³-hybridized carbons (Fsp3) is 0.375. The molecule has 0 radical (unpaired) electrons. The first-order chi connectivity index (χ1) is 14.4. The van der Waals surface area contributed by atoms with Gasteiger partial charge < -0.3 is 10.2 Å². The van der Waals surface area contributed by atoms with E-state index in [0.717, 1.165) is 24.8 Å². The van der Waals surface area contributed by atoms with E-state index in [0.29, 0.717) is 43.1 Å². The van der Waals surface area contributed by atoms with Crippen molar-refractivity contribution in [2.24, 2.45) is 5.92 Å². The average molecular weight is 410 g/mol. The average Bonchev–Trinajstić information content (AvgIpc) is 2.77. The van der Waals surface area contributed by atoms with Crippen LogP contribution in [-0.4, -0.2) is 35.6 Å². The summed E-state index contributed by atoms with van der Waals surface area (Å²) in [6, 6.07) is 13.0. The van der Waals surface area contributed by atoms with E-state index in [2.05, 4.69) is 5.32 Å². The topological polar surface area (TPSA) is 66.5 Å². The second-order valence-corrected chi connectivity index (χ2v) is 7.78. The van der Waals surface area contributed by atoms with Crippen molar-refractivity contribution in [1.29, 1.82) is 0 Å². The van der Waals surface area contributed by atoms with Gasteiger partial charge in [0, 0.05) is 31.6 Å². The van der Waals surface area contributed by atoms with E-state index in [1.54, 1.807) is 41.3 Å². The number of benzene rings is 2. The molecule has 1 fully saturated rings. The van der Waals surface area contributed by atoms with E-state index in [1.807, 2.05) is 0 Å². The number of nitrogens with one attached hydrogen (secondary N) is 1. The Morgan fingerprint density at radius 2 is 1.63 bits per heavy atom. The molecule has 2 amide bonds. The molecule has 1 saturated heterocycles. The number of halogens is 1. The van der Waals surface area contributed by atoms with Crippen molar-refractivity contribution in [2.75, 3.05) is 13.1 Å². The van der Waals surface area contributed by atoms with Crippen LogP contribution in [-0.2, 0) is 11.3 Å². The van der Waals surface area contributed by atoms with Gasteiger partial charge in [0.05, 0.1) is 5.56 Å². The van der Waals surface area contributed by atoms with E-state index >= 15 is 0 Å². The largest absolute Gasteiger partial charge is 0.352 e. The summed E-state index contributed by atoms with van der Waals surface area (Å²) in [5.41, 5.74) is 1.79. The molecule has 0 unspecified atom stereocenters. The Bertz CT molecular complexity index is 903. The van der Waals surface area contributed by atoms with Crippen LogP contribution in [0.2, 0.25) is 0 Å². The standard InChI is InChI=1S/C24H27FN2O3/c1-17(28)21-4-2-3-5-22(21)24(30)27-14-12-18(13-15-27)8-11-23(29)26-16-19-6-9-20(25)10-7-19/h2-7,9-10,18H,8,11-16H2,1H3,(H,26,29). The predicted octanol–water partition coefficient (Wildman–Crippen LogP) is 3.98. The van der Waals surface area contributed by atoms with Crippen LogP contribution < -0.4 is 5.32 Å². The van der Waals surface area contributed by atoms with Crippen molar-refractivity contribution in [1.82, 2.24) is 10.2 Å². The number of Topliss-reactive ketones (excluding diaryl/α,β-unsaturated/α-hetero) is 1. The third kappa shape index (κ3) is 5.75. The number of carbonyl (C=O) groups is 3. The zero-order valence-corrected chi connectivity index (χ0v) is 17.2. The maximum absolute atomic E-state index is 12.9. The van der Waals surface area contributed by atoms with Crippen LogP contribution in [0.15, 0.2) is 48.5 Å². The number of ketones is 1. The van der Waals surface area contributed by atoms with Crippen molar-refractivity contribution >= 4 is 17.6 Å². The second kappa shape index (κ2) is 10.1. The molecule has 2 aromatic rings. The number of rotatable bonds is 7. The van der Waals surface area contributed by atoms with Gasteiger partial charge in [0.1, 0.15) is 5.82 Å². The number of hydrogen-bond acceptors (Lipinski definition) is 3. The summed E-state index contributed by atoms with van der Waals surface area (Å²) in [6.45, 7) is 3.13. The molecule has 6 heteroatoms. The van der Waals surface area contributed by atoms with Gasteiger partial charge in [-0.2, -0.15) is 0 Å². The van der Waals surface area contributed by atoms with Crippen molar-refractivity contribution in [2.45, 2.75) is 39.2 Å². The van der Waals surface area contributed by atoms with Gasteiger partial charge in [-0.15, -0.1) is 0 Å². The SMILES string of the molecule is CC(=O)c1ccccc1C(=O)N1CCC(CCC(=O)NCc2ccc(F)cc2)CC1. The van der Waals surface area contributed by atoms with E-state index in [4.69, 9.17) is 0 Å². The van der Waals surface area contributed by atoms with Gasteiger partial charge in [-0.05, 0) is 55.9 Å². The molecule has 30 heavy (non-hydrogen) atoms. The summed E-state index contributed by atoms with van der Waals surface area (Å²) in [7, 11) is 0. The second-order valence-electron chi connectivity index (χ2n) is 7.78. The minimum atomic E-state index is -0.292. The fourth-order valence-corrected chi connectivity index (χ4v) is 3.80. The molecule has 0 aliphatic carbocycles. The molecule has 0 spiro atoms. The van der Waals surface area contributed by atoms with E-state index in [-0.39, 0.29) is 23.4 Å². The Balaban J connectivity index is 1.42. The van der Waals surface area contributed by atoms with Gasteiger partial charge >= 0.3 is 0 Å². The highest BCUT2D eigenvalue weighted by atomic mass is 19.1. The number of piperidine rings is 1. The lowest BCUT2D eigenvalue weighted by atomic mass is 9.91. The van der Waals surface area contributed by atoms with Crippen LogP contribution in [0.25, 0.3) is 0 Å². The lowest BCUT2D eigenvalue weighted by Gasteiger charge is -2.32. The molecule has 0 bridgehead atoms. The third-order valence-electron chi connectivity index (χ3n) is 5.62. The number of nitrogens with zero attached hydrogens (tertiary/aromatic N) is 1. The molecular formula is C24H27FN2O3. The first kappa shape index (κ1) is 21.7. The lowest BCUT2D eigenvalue weighted by Crippen LogP contribution is -2.39.